The summed E-state index contributed by atoms with van der Waals surface area (Å²) >= 11 is 2.07. The number of thioether (sulfide) groups is 1. The van der Waals surface area contributed by atoms with Gasteiger partial charge in [-0.05, 0) is 25.8 Å². The molecule has 0 aromatic carbocycles. The standard InChI is InChI=1S/C9H20N2S/c1-3-11(2)6-5-10-9-4-7-12-8-9/h9-10H,3-8H2,1-2H3. The second kappa shape index (κ2) is 5.84. The van der Waals surface area contributed by atoms with Gasteiger partial charge in [0, 0.05) is 24.9 Å². The molecular formula is C9H20N2S. The molecule has 0 spiro atoms. The molecule has 0 aromatic rings. The van der Waals surface area contributed by atoms with Gasteiger partial charge in [-0.15, -0.1) is 0 Å². The molecule has 2 nitrogen and oxygen atoms in total. The highest BCUT2D eigenvalue weighted by Gasteiger charge is 2.13. The molecule has 1 atom stereocenters. The number of likely N-dealkylation sites (N-methyl/N-ethyl adjacent to an activating group) is 1. The average Bonchev–Trinajstić information content (AvgIpc) is 2.57. The molecule has 1 fully saturated rings. The molecule has 1 heterocycles. The largest absolute Gasteiger partial charge is 0.312 e. The van der Waals surface area contributed by atoms with Crippen LogP contribution in [0.5, 0.6) is 0 Å². The first kappa shape index (κ1) is 10.4. The van der Waals surface area contributed by atoms with E-state index in [0.29, 0.717) is 0 Å². The normalized spacial score (nSPS) is 23.8. The number of hydrogen-bond donors (Lipinski definition) is 1. The third-order valence-electron chi connectivity index (χ3n) is 2.40. The van der Waals surface area contributed by atoms with Crippen LogP contribution in [0.25, 0.3) is 0 Å². The average molecular weight is 188 g/mol. The minimum absolute atomic E-state index is 0.792. The van der Waals surface area contributed by atoms with E-state index in [0.717, 1.165) is 19.1 Å². The van der Waals surface area contributed by atoms with Crippen LogP contribution in [0.3, 0.4) is 0 Å². The van der Waals surface area contributed by atoms with Crippen molar-refractivity contribution in [1.29, 1.82) is 0 Å². The Balaban J connectivity index is 1.94. The fourth-order valence-electron chi connectivity index (χ4n) is 1.31. The van der Waals surface area contributed by atoms with Crippen molar-refractivity contribution in [3.63, 3.8) is 0 Å². The smallest absolute Gasteiger partial charge is 0.0166 e. The summed E-state index contributed by atoms with van der Waals surface area (Å²) in [5, 5.41) is 3.58. The highest BCUT2D eigenvalue weighted by molar-refractivity contribution is 7.99. The minimum Gasteiger partial charge on any atom is -0.312 e. The Morgan fingerprint density at radius 2 is 2.42 bits per heavy atom. The van der Waals surface area contributed by atoms with Crippen LogP contribution in [0.4, 0.5) is 0 Å². The minimum atomic E-state index is 0.792. The first-order valence-electron chi connectivity index (χ1n) is 4.82. The van der Waals surface area contributed by atoms with Crippen LogP contribution in [-0.2, 0) is 0 Å². The molecule has 1 aliphatic rings. The molecule has 1 unspecified atom stereocenters. The second-order valence-electron chi connectivity index (χ2n) is 3.41. The Morgan fingerprint density at radius 1 is 1.58 bits per heavy atom. The highest BCUT2D eigenvalue weighted by Crippen LogP contribution is 2.16. The lowest BCUT2D eigenvalue weighted by Crippen LogP contribution is -2.35. The lowest BCUT2D eigenvalue weighted by atomic mass is 10.2. The van der Waals surface area contributed by atoms with Crippen LogP contribution >= 0.6 is 11.8 Å². The van der Waals surface area contributed by atoms with Crippen molar-refractivity contribution in [3.8, 4) is 0 Å². The molecule has 0 amide bonds. The second-order valence-corrected chi connectivity index (χ2v) is 4.56. The monoisotopic (exact) mass is 188 g/mol. The van der Waals surface area contributed by atoms with E-state index < -0.39 is 0 Å². The molecule has 1 N–H and O–H groups in total. The van der Waals surface area contributed by atoms with Crippen LogP contribution in [0.2, 0.25) is 0 Å². The zero-order valence-electron chi connectivity index (χ0n) is 8.18. The molecule has 1 rings (SSSR count). The van der Waals surface area contributed by atoms with E-state index in [1.165, 1.54) is 24.5 Å². The summed E-state index contributed by atoms with van der Waals surface area (Å²) in [6.45, 7) is 5.68. The summed E-state index contributed by atoms with van der Waals surface area (Å²) in [6.07, 6.45) is 1.36. The maximum absolute atomic E-state index is 3.58. The van der Waals surface area contributed by atoms with E-state index in [-0.39, 0.29) is 0 Å². The summed E-state index contributed by atoms with van der Waals surface area (Å²) in [7, 11) is 2.17. The van der Waals surface area contributed by atoms with Crippen molar-refractivity contribution < 1.29 is 0 Å². The number of nitrogens with zero attached hydrogens (tertiary/aromatic N) is 1. The van der Waals surface area contributed by atoms with E-state index in [9.17, 15) is 0 Å². The molecule has 1 saturated heterocycles. The van der Waals surface area contributed by atoms with E-state index in [4.69, 9.17) is 0 Å². The van der Waals surface area contributed by atoms with Crippen LogP contribution < -0.4 is 5.32 Å². The van der Waals surface area contributed by atoms with Crippen molar-refractivity contribution in [2.24, 2.45) is 0 Å². The Hall–Kier alpha value is 0.270. The van der Waals surface area contributed by atoms with Crippen LogP contribution in [0.1, 0.15) is 13.3 Å². The van der Waals surface area contributed by atoms with Gasteiger partial charge in [0.2, 0.25) is 0 Å². The van der Waals surface area contributed by atoms with Crippen LogP contribution in [0.15, 0.2) is 0 Å². The van der Waals surface area contributed by atoms with Gasteiger partial charge in [-0.2, -0.15) is 11.8 Å². The van der Waals surface area contributed by atoms with Crippen molar-refractivity contribution >= 4 is 11.8 Å². The van der Waals surface area contributed by atoms with E-state index >= 15 is 0 Å². The lowest BCUT2D eigenvalue weighted by Gasteiger charge is -2.16. The first-order valence-corrected chi connectivity index (χ1v) is 5.98. The highest BCUT2D eigenvalue weighted by atomic mass is 32.2. The van der Waals surface area contributed by atoms with E-state index in [2.05, 4.69) is 35.9 Å². The quantitative estimate of drug-likeness (QED) is 0.694. The zero-order chi connectivity index (χ0) is 8.81. The molecule has 12 heavy (non-hydrogen) atoms. The lowest BCUT2D eigenvalue weighted by molar-refractivity contribution is 0.342. The third kappa shape index (κ3) is 3.78. The first-order chi connectivity index (χ1) is 5.83. The van der Waals surface area contributed by atoms with Crippen molar-refractivity contribution in [2.45, 2.75) is 19.4 Å². The molecule has 0 saturated carbocycles. The van der Waals surface area contributed by atoms with Gasteiger partial charge >= 0.3 is 0 Å². The number of rotatable bonds is 5. The molecule has 1 aliphatic heterocycles. The fourth-order valence-corrected chi connectivity index (χ4v) is 2.50. The maximum Gasteiger partial charge on any atom is 0.0166 e. The number of hydrogen-bond acceptors (Lipinski definition) is 3. The van der Waals surface area contributed by atoms with E-state index in [1.54, 1.807) is 0 Å². The fraction of sp³-hybridized carbons (Fsp3) is 1.00. The summed E-state index contributed by atoms with van der Waals surface area (Å²) < 4.78 is 0. The van der Waals surface area contributed by atoms with Gasteiger partial charge in [-0.1, -0.05) is 6.92 Å². The van der Waals surface area contributed by atoms with Crippen molar-refractivity contribution in [2.75, 3.05) is 38.2 Å². The Labute approximate surface area is 80.1 Å². The summed E-state index contributed by atoms with van der Waals surface area (Å²) in [5.41, 5.74) is 0. The molecule has 0 aromatic heterocycles. The van der Waals surface area contributed by atoms with E-state index in [1.807, 2.05) is 0 Å². The van der Waals surface area contributed by atoms with Gasteiger partial charge in [0.05, 0.1) is 0 Å². The number of nitrogens with one attached hydrogen (secondary N) is 1. The van der Waals surface area contributed by atoms with Gasteiger partial charge in [-0.25, -0.2) is 0 Å². The van der Waals surface area contributed by atoms with Gasteiger partial charge in [0.25, 0.3) is 0 Å². The maximum atomic E-state index is 3.58. The summed E-state index contributed by atoms with van der Waals surface area (Å²) in [6, 6.07) is 0.792. The summed E-state index contributed by atoms with van der Waals surface area (Å²) in [5.74, 6) is 2.66. The molecule has 3 heteroatoms. The Bertz CT molecular complexity index is 113. The Kier molecular flexibility index (Phi) is 5.04. The topological polar surface area (TPSA) is 15.3 Å². The third-order valence-corrected chi connectivity index (χ3v) is 3.56. The Morgan fingerprint density at radius 3 is 3.00 bits per heavy atom. The SMILES string of the molecule is CCN(C)CCNC1CCSC1. The van der Waals surface area contributed by atoms with Gasteiger partial charge in [0.15, 0.2) is 0 Å². The van der Waals surface area contributed by atoms with Crippen LogP contribution in [-0.4, -0.2) is 49.1 Å². The summed E-state index contributed by atoms with van der Waals surface area (Å²) in [4.78, 5) is 2.34. The molecule has 0 aliphatic carbocycles. The molecule has 72 valence electrons. The van der Waals surface area contributed by atoms with Crippen molar-refractivity contribution in [3.05, 3.63) is 0 Å². The van der Waals surface area contributed by atoms with Crippen molar-refractivity contribution in [1.82, 2.24) is 10.2 Å². The van der Waals surface area contributed by atoms with Gasteiger partial charge in [0.1, 0.15) is 0 Å². The molecular weight excluding hydrogens is 168 g/mol. The predicted octanol–water partition coefficient (Wildman–Crippen LogP) is 1.03. The molecule has 0 radical (unpaired) electrons. The predicted molar refractivity (Wildman–Crippen MR) is 56.9 cm³/mol. The van der Waals surface area contributed by atoms with Crippen LogP contribution in [0, 0.1) is 0 Å². The zero-order valence-corrected chi connectivity index (χ0v) is 8.99. The van der Waals surface area contributed by atoms with Gasteiger partial charge < -0.3 is 10.2 Å². The molecule has 0 bridgehead atoms. The van der Waals surface area contributed by atoms with Gasteiger partial charge in [-0.3, -0.25) is 0 Å².